The molecule has 6 nitrogen and oxygen atoms in total. The molecular formula is C21H20F3IN4O2. The molecule has 164 valence electrons. The van der Waals surface area contributed by atoms with Crippen molar-refractivity contribution in [3.63, 3.8) is 0 Å². The molecule has 0 aliphatic carbocycles. The zero-order valence-corrected chi connectivity index (χ0v) is 18.6. The van der Waals surface area contributed by atoms with Crippen molar-refractivity contribution in [3.8, 4) is 11.5 Å². The summed E-state index contributed by atoms with van der Waals surface area (Å²) in [6.07, 6.45) is 2.55. The average Bonchev–Trinajstić information content (AvgIpc) is 3.24. The Hall–Kier alpha value is -2.34. The van der Waals surface area contributed by atoms with Crippen molar-refractivity contribution in [2.75, 3.05) is 29.9 Å². The molecular weight excluding hydrogens is 524 g/mol. The number of hydrogen-bond acceptors (Lipinski definition) is 6. The highest BCUT2D eigenvalue weighted by molar-refractivity contribution is 14.1. The molecule has 2 N–H and O–H groups in total. The van der Waals surface area contributed by atoms with Crippen LogP contribution in [-0.2, 0) is 0 Å². The molecule has 1 aromatic heterocycles. The summed E-state index contributed by atoms with van der Waals surface area (Å²) >= 11 is 1.96. The Bertz CT molecular complexity index is 1070. The minimum absolute atomic E-state index is 0.000184. The smallest absolute Gasteiger partial charge is 0.318 e. The van der Waals surface area contributed by atoms with Gasteiger partial charge in [-0.1, -0.05) is 5.10 Å². The quantitative estimate of drug-likeness (QED) is 0.421. The molecule has 1 aliphatic rings. The summed E-state index contributed by atoms with van der Waals surface area (Å²) < 4.78 is 49.3. The molecule has 1 fully saturated rings. The third kappa shape index (κ3) is 4.79. The fourth-order valence-corrected chi connectivity index (χ4v) is 4.08. The second kappa shape index (κ2) is 9.43. The summed E-state index contributed by atoms with van der Waals surface area (Å²) in [4.78, 5) is 1.93. The number of aliphatic hydroxyl groups excluding tert-OH is 1. The van der Waals surface area contributed by atoms with E-state index in [0.29, 0.717) is 22.6 Å². The van der Waals surface area contributed by atoms with E-state index in [-0.39, 0.29) is 35.5 Å². The van der Waals surface area contributed by atoms with Crippen LogP contribution in [0.15, 0.2) is 34.7 Å². The van der Waals surface area contributed by atoms with Gasteiger partial charge in [-0.05, 0) is 78.1 Å². The lowest BCUT2D eigenvalue weighted by molar-refractivity contribution is 0.239. The molecule has 0 saturated carbocycles. The van der Waals surface area contributed by atoms with Gasteiger partial charge in [0.15, 0.2) is 11.6 Å². The number of benzene rings is 2. The number of halogens is 4. The van der Waals surface area contributed by atoms with Crippen LogP contribution in [0.4, 0.5) is 30.6 Å². The molecule has 1 saturated heterocycles. The number of aromatic nitrogens is 2. The van der Waals surface area contributed by atoms with E-state index in [9.17, 15) is 13.2 Å². The van der Waals surface area contributed by atoms with Gasteiger partial charge < -0.3 is 19.7 Å². The second-order valence-corrected chi connectivity index (χ2v) is 8.61. The Labute approximate surface area is 190 Å². The van der Waals surface area contributed by atoms with E-state index in [1.807, 2.05) is 27.5 Å². The lowest BCUT2D eigenvalue weighted by Crippen LogP contribution is -2.34. The van der Waals surface area contributed by atoms with E-state index in [2.05, 4.69) is 15.5 Å². The highest BCUT2D eigenvalue weighted by atomic mass is 127. The van der Waals surface area contributed by atoms with E-state index in [0.717, 1.165) is 25.3 Å². The Morgan fingerprint density at radius 3 is 2.58 bits per heavy atom. The minimum Gasteiger partial charge on any atom is -0.403 e. The fourth-order valence-electron chi connectivity index (χ4n) is 3.62. The first kappa shape index (κ1) is 21.9. The van der Waals surface area contributed by atoms with Crippen molar-refractivity contribution in [3.05, 3.63) is 51.4 Å². The molecule has 2 aromatic carbocycles. The maximum Gasteiger partial charge on any atom is 0.318 e. The third-order valence-electron chi connectivity index (χ3n) is 5.35. The van der Waals surface area contributed by atoms with Crippen LogP contribution in [0, 0.1) is 26.9 Å². The third-order valence-corrected chi connectivity index (χ3v) is 6.02. The van der Waals surface area contributed by atoms with Gasteiger partial charge in [0.2, 0.25) is 0 Å². The first-order chi connectivity index (χ1) is 15.0. The fraction of sp³-hybridized carbons (Fsp3) is 0.333. The molecule has 0 radical (unpaired) electrons. The molecule has 0 unspecified atom stereocenters. The highest BCUT2D eigenvalue weighted by Crippen LogP contribution is 2.35. The first-order valence-electron chi connectivity index (χ1n) is 9.86. The van der Waals surface area contributed by atoms with Crippen molar-refractivity contribution in [1.29, 1.82) is 0 Å². The van der Waals surface area contributed by atoms with Crippen LogP contribution in [0.5, 0.6) is 0 Å². The molecule has 4 rings (SSSR count). The molecule has 1 aliphatic heterocycles. The summed E-state index contributed by atoms with van der Waals surface area (Å²) in [5.74, 6) is -2.39. The number of anilines is 3. The van der Waals surface area contributed by atoms with Crippen LogP contribution in [0.1, 0.15) is 19.3 Å². The summed E-state index contributed by atoms with van der Waals surface area (Å²) in [5, 5.41) is 19.8. The maximum atomic E-state index is 14.6. The van der Waals surface area contributed by atoms with E-state index >= 15 is 0 Å². The van der Waals surface area contributed by atoms with Gasteiger partial charge in [-0.25, -0.2) is 13.2 Å². The van der Waals surface area contributed by atoms with Crippen molar-refractivity contribution in [2.24, 2.45) is 5.92 Å². The van der Waals surface area contributed by atoms with E-state index in [1.54, 1.807) is 6.07 Å². The van der Waals surface area contributed by atoms with Gasteiger partial charge in [0.1, 0.15) is 5.82 Å². The topological polar surface area (TPSA) is 74.4 Å². The summed E-state index contributed by atoms with van der Waals surface area (Å²) in [5.41, 5.74) is -0.153. The number of hydrogen-bond donors (Lipinski definition) is 2. The molecule has 3 aromatic rings. The Kier molecular flexibility index (Phi) is 6.65. The standard InChI is InChI=1S/C21H20F3IN4O2/c22-15-3-2-14(19(18(15)24)26-17-4-1-13(25)11-16(17)23)20-27-28-21(31-20)29-8-5-12(6-9-29)7-10-30/h1-4,11-12,26,30H,5-10H2. The van der Waals surface area contributed by atoms with Crippen molar-refractivity contribution in [1.82, 2.24) is 10.2 Å². The number of aliphatic hydroxyl groups is 1. The van der Waals surface area contributed by atoms with Gasteiger partial charge in [0.25, 0.3) is 5.89 Å². The monoisotopic (exact) mass is 544 g/mol. The van der Waals surface area contributed by atoms with Crippen molar-refractivity contribution in [2.45, 2.75) is 19.3 Å². The molecule has 0 spiro atoms. The SMILES string of the molecule is OCCC1CCN(c2nnc(-c3ccc(F)c(F)c3Nc3ccc(I)cc3F)o2)CC1. The lowest BCUT2D eigenvalue weighted by Gasteiger charge is -2.30. The van der Waals surface area contributed by atoms with Gasteiger partial charge in [-0.3, -0.25) is 0 Å². The van der Waals surface area contributed by atoms with Crippen LogP contribution in [0.3, 0.4) is 0 Å². The van der Waals surface area contributed by atoms with Gasteiger partial charge in [0, 0.05) is 23.3 Å². The lowest BCUT2D eigenvalue weighted by atomic mass is 9.94. The van der Waals surface area contributed by atoms with Crippen LogP contribution in [0.25, 0.3) is 11.5 Å². The van der Waals surface area contributed by atoms with Crippen LogP contribution in [-0.4, -0.2) is 35.0 Å². The van der Waals surface area contributed by atoms with Crippen molar-refractivity contribution < 1.29 is 22.7 Å². The zero-order valence-electron chi connectivity index (χ0n) is 16.4. The van der Waals surface area contributed by atoms with Crippen LogP contribution in [0.2, 0.25) is 0 Å². The summed E-state index contributed by atoms with van der Waals surface area (Å²) in [6.45, 7) is 1.56. The Morgan fingerprint density at radius 2 is 1.87 bits per heavy atom. The zero-order chi connectivity index (χ0) is 22.0. The number of piperidine rings is 1. The molecule has 10 heteroatoms. The first-order valence-corrected chi connectivity index (χ1v) is 10.9. The van der Waals surface area contributed by atoms with E-state index < -0.39 is 17.5 Å². The molecule has 0 bridgehead atoms. The van der Waals surface area contributed by atoms with Crippen molar-refractivity contribution >= 4 is 40.0 Å². The minimum atomic E-state index is -1.17. The summed E-state index contributed by atoms with van der Waals surface area (Å²) in [7, 11) is 0. The predicted octanol–water partition coefficient (Wildman–Crippen LogP) is 5.10. The average molecular weight is 544 g/mol. The van der Waals surface area contributed by atoms with Crippen LogP contribution < -0.4 is 10.2 Å². The Morgan fingerprint density at radius 1 is 1.10 bits per heavy atom. The predicted molar refractivity (Wildman–Crippen MR) is 119 cm³/mol. The van der Waals surface area contributed by atoms with Gasteiger partial charge in [-0.2, -0.15) is 0 Å². The number of rotatable bonds is 6. The van der Waals surface area contributed by atoms with Crippen LogP contribution >= 0.6 is 22.6 Å². The normalized spacial score (nSPS) is 14.8. The second-order valence-electron chi connectivity index (χ2n) is 7.37. The van der Waals surface area contributed by atoms with Gasteiger partial charge in [0.05, 0.1) is 16.9 Å². The highest BCUT2D eigenvalue weighted by Gasteiger charge is 2.25. The molecule has 2 heterocycles. The molecule has 0 atom stereocenters. The largest absolute Gasteiger partial charge is 0.403 e. The van der Waals surface area contributed by atoms with Gasteiger partial charge in [-0.15, -0.1) is 5.10 Å². The Balaban J connectivity index is 1.61. The van der Waals surface area contributed by atoms with E-state index in [1.165, 1.54) is 18.2 Å². The van der Waals surface area contributed by atoms with E-state index in [4.69, 9.17) is 9.52 Å². The molecule has 0 amide bonds. The number of nitrogens with one attached hydrogen (secondary N) is 1. The maximum absolute atomic E-state index is 14.6. The van der Waals surface area contributed by atoms with Gasteiger partial charge >= 0.3 is 6.01 Å². The number of nitrogens with zero attached hydrogens (tertiary/aromatic N) is 3. The molecule has 31 heavy (non-hydrogen) atoms. The summed E-state index contributed by atoms with van der Waals surface area (Å²) in [6, 6.07) is 6.94.